The van der Waals surface area contributed by atoms with E-state index in [4.69, 9.17) is 10.00 Å². The zero-order chi connectivity index (χ0) is 18.6. The van der Waals surface area contributed by atoms with Crippen LogP contribution in [0.25, 0.3) is 5.78 Å². The minimum absolute atomic E-state index is 0.196. The van der Waals surface area contributed by atoms with Crippen molar-refractivity contribution in [1.29, 1.82) is 5.26 Å². The molecule has 2 aromatic carbocycles. The van der Waals surface area contributed by atoms with E-state index in [0.29, 0.717) is 28.7 Å². The Morgan fingerprint density at radius 1 is 1.11 bits per heavy atom. The van der Waals surface area contributed by atoms with E-state index in [1.54, 1.807) is 41.1 Å². The molecule has 1 amide bonds. The number of rotatable bonds is 4. The molecular weight excluding hydrogens is 342 g/mol. The Hall–Kier alpha value is -4.18. The van der Waals surface area contributed by atoms with Crippen molar-refractivity contribution in [1.82, 2.24) is 14.4 Å². The molecule has 0 atom stereocenters. The molecule has 0 saturated heterocycles. The van der Waals surface area contributed by atoms with Gasteiger partial charge in [-0.25, -0.2) is 9.97 Å². The molecule has 2 aromatic heterocycles. The number of ether oxygens (including phenoxy) is 1. The molecule has 4 rings (SSSR count). The summed E-state index contributed by atoms with van der Waals surface area (Å²) in [6, 6.07) is 19.5. The van der Waals surface area contributed by atoms with Crippen molar-refractivity contribution in [2.75, 3.05) is 5.32 Å². The standard InChI is InChI=1S/C20H13N5O2/c21-13-16-12-18(25-10-9-22-20(25)24-16)27-17-8-4-5-14(11-17)19(26)23-15-6-2-1-3-7-15/h1-12H,(H,23,26). The highest BCUT2D eigenvalue weighted by atomic mass is 16.5. The summed E-state index contributed by atoms with van der Waals surface area (Å²) >= 11 is 0. The average Bonchev–Trinajstić information content (AvgIpc) is 3.18. The molecule has 0 aliphatic carbocycles. The Kier molecular flexibility index (Phi) is 4.21. The number of aromatic nitrogens is 3. The molecule has 4 aromatic rings. The number of para-hydroxylation sites is 1. The first-order chi connectivity index (χ1) is 13.2. The van der Waals surface area contributed by atoms with E-state index in [0.717, 1.165) is 0 Å². The van der Waals surface area contributed by atoms with Crippen LogP contribution in [-0.2, 0) is 0 Å². The van der Waals surface area contributed by atoms with Gasteiger partial charge in [-0.1, -0.05) is 24.3 Å². The Bertz CT molecular complexity index is 1160. The number of hydrogen-bond donors (Lipinski definition) is 1. The van der Waals surface area contributed by atoms with Crippen molar-refractivity contribution in [3.63, 3.8) is 0 Å². The highest BCUT2D eigenvalue weighted by Crippen LogP contribution is 2.24. The van der Waals surface area contributed by atoms with Crippen molar-refractivity contribution in [2.24, 2.45) is 0 Å². The van der Waals surface area contributed by atoms with Crippen LogP contribution >= 0.6 is 0 Å². The highest BCUT2D eigenvalue weighted by Gasteiger charge is 2.11. The molecule has 0 unspecified atom stereocenters. The van der Waals surface area contributed by atoms with E-state index in [9.17, 15) is 4.79 Å². The van der Waals surface area contributed by atoms with Gasteiger partial charge < -0.3 is 10.1 Å². The van der Waals surface area contributed by atoms with Gasteiger partial charge in [0.15, 0.2) is 0 Å². The summed E-state index contributed by atoms with van der Waals surface area (Å²) in [5, 5.41) is 12.0. The van der Waals surface area contributed by atoms with Crippen LogP contribution in [0.3, 0.4) is 0 Å². The van der Waals surface area contributed by atoms with Crippen molar-refractivity contribution in [3.05, 3.63) is 84.3 Å². The van der Waals surface area contributed by atoms with E-state index in [1.165, 1.54) is 6.07 Å². The van der Waals surface area contributed by atoms with Crippen LogP contribution in [0.15, 0.2) is 73.1 Å². The summed E-state index contributed by atoms with van der Waals surface area (Å²) in [6.45, 7) is 0. The molecule has 7 nitrogen and oxygen atoms in total. The smallest absolute Gasteiger partial charge is 0.255 e. The molecule has 0 bridgehead atoms. The van der Waals surface area contributed by atoms with Gasteiger partial charge >= 0.3 is 0 Å². The Morgan fingerprint density at radius 2 is 1.96 bits per heavy atom. The van der Waals surface area contributed by atoms with Gasteiger partial charge in [-0.3, -0.25) is 9.20 Å². The van der Waals surface area contributed by atoms with Gasteiger partial charge in [0.2, 0.25) is 11.7 Å². The molecule has 0 aliphatic rings. The Labute approximate surface area is 154 Å². The van der Waals surface area contributed by atoms with Crippen molar-refractivity contribution in [3.8, 4) is 17.7 Å². The first-order valence-corrected chi connectivity index (χ1v) is 8.11. The summed E-state index contributed by atoms with van der Waals surface area (Å²) in [5.41, 5.74) is 1.36. The van der Waals surface area contributed by atoms with Crippen molar-refractivity contribution >= 4 is 17.4 Å². The minimum Gasteiger partial charge on any atom is -0.440 e. The lowest BCUT2D eigenvalue weighted by Gasteiger charge is -2.10. The fourth-order valence-corrected chi connectivity index (χ4v) is 2.56. The number of benzene rings is 2. The van der Waals surface area contributed by atoms with E-state index < -0.39 is 0 Å². The molecule has 27 heavy (non-hydrogen) atoms. The number of nitrogens with zero attached hydrogens (tertiary/aromatic N) is 4. The number of amides is 1. The van der Waals surface area contributed by atoms with Crippen LogP contribution in [0.2, 0.25) is 0 Å². The van der Waals surface area contributed by atoms with E-state index in [-0.39, 0.29) is 11.6 Å². The van der Waals surface area contributed by atoms with Crippen LogP contribution in [0.5, 0.6) is 11.6 Å². The predicted octanol–water partition coefficient (Wildman–Crippen LogP) is 3.65. The summed E-state index contributed by atoms with van der Waals surface area (Å²) < 4.78 is 7.51. The lowest BCUT2D eigenvalue weighted by molar-refractivity contribution is 0.102. The zero-order valence-corrected chi connectivity index (χ0v) is 14.0. The molecule has 2 heterocycles. The predicted molar refractivity (Wildman–Crippen MR) is 98.6 cm³/mol. The van der Waals surface area contributed by atoms with E-state index in [2.05, 4.69) is 15.3 Å². The van der Waals surface area contributed by atoms with Crippen LogP contribution in [0.1, 0.15) is 16.1 Å². The maximum absolute atomic E-state index is 12.5. The van der Waals surface area contributed by atoms with Crippen LogP contribution in [-0.4, -0.2) is 20.3 Å². The number of nitriles is 1. The number of hydrogen-bond acceptors (Lipinski definition) is 5. The minimum atomic E-state index is -0.244. The number of carbonyl (C=O) groups is 1. The fraction of sp³-hybridized carbons (Fsp3) is 0. The van der Waals surface area contributed by atoms with Gasteiger partial charge in [-0.2, -0.15) is 5.26 Å². The summed E-state index contributed by atoms with van der Waals surface area (Å²) in [4.78, 5) is 20.6. The third-order valence-corrected chi connectivity index (χ3v) is 3.80. The van der Waals surface area contributed by atoms with Gasteiger partial charge in [-0.05, 0) is 30.3 Å². The van der Waals surface area contributed by atoms with Gasteiger partial charge in [0.1, 0.15) is 17.5 Å². The molecule has 0 fully saturated rings. The third-order valence-electron chi connectivity index (χ3n) is 3.80. The molecular formula is C20H13N5O2. The monoisotopic (exact) mass is 355 g/mol. The number of fused-ring (bicyclic) bond motifs is 1. The number of carbonyl (C=O) groups excluding carboxylic acids is 1. The topological polar surface area (TPSA) is 92.3 Å². The maximum atomic E-state index is 12.5. The normalized spacial score (nSPS) is 10.3. The second-order valence-electron chi connectivity index (χ2n) is 5.64. The lowest BCUT2D eigenvalue weighted by Crippen LogP contribution is -2.11. The first-order valence-electron chi connectivity index (χ1n) is 8.11. The van der Waals surface area contributed by atoms with Gasteiger partial charge in [0.05, 0.1) is 0 Å². The van der Waals surface area contributed by atoms with Gasteiger partial charge in [-0.15, -0.1) is 0 Å². The summed E-state index contributed by atoms with van der Waals surface area (Å²) in [6.07, 6.45) is 3.25. The highest BCUT2D eigenvalue weighted by molar-refractivity contribution is 6.04. The second kappa shape index (κ2) is 6.98. The number of nitrogens with one attached hydrogen (secondary N) is 1. The average molecular weight is 355 g/mol. The quantitative estimate of drug-likeness (QED) is 0.603. The summed E-state index contributed by atoms with van der Waals surface area (Å²) in [7, 11) is 0. The lowest BCUT2D eigenvalue weighted by atomic mass is 10.2. The molecule has 7 heteroatoms. The number of imidazole rings is 1. The van der Waals surface area contributed by atoms with E-state index in [1.807, 2.05) is 36.4 Å². The summed E-state index contributed by atoms with van der Waals surface area (Å²) in [5.74, 6) is 0.962. The van der Waals surface area contributed by atoms with Crippen molar-refractivity contribution in [2.45, 2.75) is 0 Å². The van der Waals surface area contributed by atoms with Crippen molar-refractivity contribution < 1.29 is 9.53 Å². The zero-order valence-electron chi connectivity index (χ0n) is 14.0. The fourth-order valence-electron chi connectivity index (χ4n) is 2.56. The molecule has 0 radical (unpaired) electrons. The van der Waals surface area contributed by atoms with Crippen LogP contribution in [0, 0.1) is 11.3 Å². The molecule has 130 valence electrons. The molecule has 0 spiro atoms. The number of anilines is 1. The second-order valence-corrected chi connectivity index (χ2v) is 5.64. The maximum Gasteiger partial charge on any atom is 0.255 e. The first kappa shape index (κ1) is 16.3. The molecule has 1 N–H and O–H groups in total. The SMILES string of the molecule is N#Cc1cc(Oc2cccc(C(=O)Nc3ccccc3)c2)n2ccnc2n1. The largest absolute Gasteiger partial charge is 0.440 e. The van der Waals surface area contributed by atoms with Gasteiger partial charge in [0.25, 0.3) is 5.91 Å². The van der Waals surface area contributed by atoms with Crippen LogP contribution in [0.4, 0.5) is 5.69 Å². The molecule has 0 saturated carbocycles. The third kappa shape index (κ3) is 3.45. The van der Waals surface area contributed by atoms with Gasteiger partial charge in [0, 0.05) is 29.7 Å². The molecule has 0 aliphatic heterocycles. The Morgan fingerprint density at radius 3 is 2.78 bits per heavy atom. The Balaban J connectivity index is 1.61. The van der Waals surface area contributed by atoms with E-state index >= 15 is 0 Å². The van der Waals surface area contributed by atoms with Crippen LogP contribution < -0.4 is 10.1 Å².